The van der Waals surface area contributed by atoms with Gasteiger partial charge in [-0.2, -0.15) is 0 Å². The molecule has 0 spiro atoms. The number of sulfonamides is 2. The van der Waals surface area contributed by atoms with Gasteiger partial charge >= 0.3 is 0 Å². The summed E-state index contributed by atoms with van der Waals surface area (Å²) in [6.07, 6.45) is 8.70. The molecule has 0 bridgehead atoms. The van der Waals surface area contributed by atoms with Crippen LogP contribution in [-0.2, 0) is 29.6 Å². The second kappa shape index (κ2) is 26.6. The molecule has 0 fully saturated rings. The highest BCUT2D eigenvalue weighted by molar-refractivity contribution is 7.90. The van der Waals surface area contributed by atoms with Crippen molar-refractivity contribution < 1.29 is 55.2 Å². The maximum Gasteiger partial charge on any atom is 0.274 e. The number of hydrogen-bond donors (Lipinski definition) is 2. The van der Waals surface area contributed by atoms with Gasteiger partial charge in [0.1, 0.15) is 13.2 Å². The lowest BCUT2D eigenvalue weighted by Gasteiger charge is -2.21. The summed E-state index contributed by atoms with van der Waals surface area (Å²) < 4.78 is 81.1. The summed E-state index contributed by atoms with van der Waals surface area (Å²) in [5.74, 6) is -1.07. The number of hydrogen-bond acceptors (Lipinski definition) is 14. The number of rotatable bonds is 31. The van der Waals surface area contributed by atoms with E-state index in [2.05, 4.69) is 23.3 Å². The fourth-order valence-electron chi connectivity index (χ4n) is 6.66. The molecular formula is C46H58N4O14S2. The van der Waals surface area contributed by atoms with Crippen molar-refractivity contribution in [3.8, 4) is 23.0 Å². The standard InChI is InChI=1S/C46H58N4O14S2/c1-3-5-7-9-11-13-23-43(45(51)47-65(57,58)37-29-25-35(26-30-37)49(53)54)63-41-21-17-15-19-39(41)61-33-34-62-40-20-16-18-22-42(40)64-44(24-14-12-10-8-6-4-2)46(52)48-66(59,60)38-31-27-36(28-32-38)50(55)56/h15-22,25-32,43-44H,3-14,23-24,33-34H2,1-2H3,(H,47,51)(H,48,52). The Morgan fingerprint density at radius 2 is 0.818 bits per heavy atom. The molecule has 4 aromatic rings. The quantitative estimate of drug-likeness (QED) is 0.0271. The first kappa shape index (κ1) is 52.3. The summed E-state index contributed by atoms with van der Waals surface area (Å²) in [7, 11) is -8.83. The number of amides is 2. The van der Waals surface area contributed by atoms with Gasteiger partial charge in [-0.15, -0.1) is 0 Å². The van der Waals surface area contributed by atoms with Crippen LogP contribution in [0, 0.1) is 20.2 Å². The van der Waals surface area contributed by atoms with Crippen molar-refractivity contribution in [2.45, 2.75) is 126 Å². The minimum atomic E-state index is -4.41. The van der Waals surface area contributed by atoms with Crippen LogP contribution in [0.5, 0.6) is 23.0 Å². The first-order chi connectivity index (χ1) is 31.6. The smallest absolute Gasteiger partial charge is 0.274 e. The Bertz CT molecular complexity index is 2250. The van der Waals surface area contributed by atoms with Crippen LogP contribution in [0.25, 0.3) is 0 Å². The SMILES string of the molecule is CCCCCCCCC(Oc1ccccc1OCCOc1ccccc1OC(CCCCCCCC)C(=O)NS(=O)(=O)c1ccc([N+](=O)[O-])cc1)C(=O)NS(=O)(=O)c1ccc([N+](=O)[O-])cc1. The predicted molar refractivity (Wildman–Crippen MR) is 246 cm³/mol. The number of nitro groups is 2. The van der Waals surface area contributed by atoms with Gasteiger partial charge in [-0.25, -0.2) is 26.3 Å². The molecule has 0 aliphatic heterocycles. The highest BCUT2D eigenvalue weighted by Crippen LogP contribution is 2.31. The summed E-state index contributed by atoms with van der Waals surface area (Å²) in [6.45, 7) is 4.10. The van der Waals surface area contributed by atoms with Gasteiger partial charge in [-0.05, 0) is 74.2 Å². The van der Waals surface area contributed by atoms with Crippen molar-refractivity contribution in [3.63, 3.8) is 0 Å². The van der Waals surface area contributed by atoms with Crippen LogP contribution in [-0.4, -0.2) is 63.9 Å². The molecule has 4 rings (SSSR count). The van der Waals surface area contributed by atoms with Crippen LogP contribution in [0.1, 0.15) is 104 Å². The van der Waals surface area contributed by atoms with E-state index in [1.807, 2.05) is 0 Å². The van der Waals surface area contributed by atoms with E-state index in [0.29, 0.717) is 12.8 Å². The largest absolute Gasteiger partial charge is 0.486 e. The fourth-order valence-corrected chi connectivity index (χ4v) is 8.68. The zero-order chi connectivity index (χ0) is 48.0. The maximum absolute atomic E-state index is 13.6. The number of carbonyl (C=O) groups excluding carboxylic acids is 2. The number of non-ortho nitro benzene ring substituents is 2. The van der Waals surface area contributed by atoms with Crippen LogP contribution in [0.3, 0.4) is 0 Å². The van der Waals surface area contributed by atoms with Crippen molar-refractivity contribution in [2.24, 2.45) is 0 Å². The van der Waals surface area contributed by atoms with E-state index in [1.54, 1.807) is 48.5 Å². The van der Waals surface area contributed by atoms with E-state index >= 15 is 0 Å². The van der Waals surface area contributed by atoms with Crippen LogP contribution in [0.4, 0.5) is 11.4 Å². The maximum atomic E-state index is 13.6. The molecule has 2 amide bonds. The first-order valence-electron chi connectivity index (χ1n) is 22.0. The lowest BCUT2D eigenvalue weighted by molar-refractivity contribution is -0.385. The molecule has 0 aliphatic rings. The molecule has 0 radical (unpaired) electrons. The number of benzene rings is 4. The fraction of sp³-hybridized carbons (Fsp3) is 0.435. The van der Waals surface area contributed by atoms with Gasteiger partial charge in [0.2, 0.25) is 0 Å². The average molecular weight is 955 g/mol. The Hall–Kier alpha value is -6.28. The van der Waals surface area contributed by atoms with Crippen LogP contribution >= 0.6 is 0 Å². The van der Waals surface area contributed by atoms with Crippen molar-refractivity contribution >= 4 is 43.2 Å². The topological polar surface area (TPSA) is 250 Å². The molecule has 2 atom stereocenters. The zero-order valence-electron chi connectivity index (χ0n) is 37.1. The number of nitro benzene ring substituents is 2. The Balaban J connectivity index is 1.44. The van der Waals surface area contributed by atoms with E-state index in [0.717, 1.165) is 113 Å². The van der Waals surface area contributed by atoms with Gasteiger partial charge in [-0.1, -0.05) is 102 Å². The summed E-state index contributed by atoms with van der Waals surface area (Å²) in [5.41, 5.74) is -0.619. The summed E-state index contributed by atoms with van der Waals surface area (Å²) >= 11 is 0. The molecule has 4 aromatic carbocycles. The van der Waals surface area contributed by atoms with Crippen molar-refractivity contribution in [2.75, 3.05) is 13.2 Å². The molecule has 0 heterocycles. The molecular weight excluding hydrogens is 897 g/mol. The van der Waals surface area contributed by atoms with E-state index in [-0.39, 0.29) is 70.2 Å². The van der Waals surface area contributed by atoms with Crippen LogP contribution in [0.2, 0.25) is 0 Å². The van der Waals surface area contributed by atoms with Crippen molar-refractivity contribution in [1.29, 1.82) is 0 Å². The van der Waals surface area contributed by atoms with Gasteiger partial charge in [0, 0.05) is 24.3 Å². The molecule has 0 saturated carbocycles. The monoisotopic (exact) mass is 954 g/mol. The highest BCUT2D eigenvalue weighted by Gasteiger charge is 2.29. The van der Waals surface area contributed by atoms with Crippen molar-refractivity contribution in [1.82, 2.24) is 9.44 Å². The Kier molecular flexibility index (Phi) is 21.1. The van der Waals surface area contributed by atoms with Gasteiger partial charge in [0.05, 0.1) is 19.6 Å². The van der Waals surface area contributed by atoms with Gasteiger partial charge < -0.3 is 18.9 Å². The predicted octanol–water partition coefficient (Wildman–Crippen LogP) is 8.97. The minimum Gasteiger partial charge on any atom is -0.486 e. The van der Waals surface area contributed by atoms with Gasteiger partial charge in [-0.3, -0.25) is 29.8 Å². The second-order valence-electron chi connectivity index (χ2n) is 15.4. The van der Waals surface area contributed by atoms with Crippen molar-refractivity contribution in [3.05, 3.63) is 117 Å². The van der Waals surface area contributed by atoms with Crippen LogP contribution in [0.15, 0.2) is 107 Å². The molecule has 18 nitrogen and oxygen atoms in total. The third kappa shape index (κ3) is 16.9. The van der Waals surface area contributed by atoms with Gasteiger partial charge in [0.25, 0.3) is 43.2 Å². The Labute approximate surface area is 385 Å². The van der Waals surface area contributed by atoms with E-state index in [1.165, 1.54) is 0 Å². The molecule has 66 heavy (non-hydrogen) atoms. The zero-order valence-corrected chi connectivity index (χ0v) is 38.8. The summed E-state index contributed by atoms with van der Waals surface area (Å²) in [6, 6.07) is 21.3. The third-order valence-electron chi connectivity index (χ3n) is 10.2. The minimum absolute atomic E-state index is 0.0489. The summed E-state index contributed by atoms with van der Waals surface area (Å²) in [5, 5.41) is 22.2. The molecule has 0 saturated heterocycles. The van der Waals surface area contributed by atoms with Gasteiger partial charge in [0.15, 0.2) is 35.2 Å². The first-order valence-corrected chi connectivity index (χ1v) is 25.0. The average Bonchev–Trinajstić information content (AvgIpc) is 3.29. The Morgan fingerprint density at radius 1 is 0.500 bits per heavy atom. The lowest BCUT2D eigenvalue weighted by Crippen LogP contribution is -2.41. The number of ether oxygens (including phenoxy) is 4. The van der Waals surface area contributed by atoms with Crippen LogP contribution < -0.4 is 28.4 Å². The molecule has 358 valence electrons. The molecule has 2 N–H and O–H groups in total. The number of nitrogens with zero attached hydrogens (tertiary/aromatic N) is 2. The highest BCUT2D eigenvalue weighted by atomic mass is 32.2. The summed E-state index contributed by atoms with van der Waals surface area (Å²) in [4.78, 5) is 47.3. The molecule has 0 aromatic heterocycles. The van der Waals surface area contributed by atoms with E-state index < -0.39 is 53.9 Å². The Morgan fingerprint density at radius 3 is 1.15 bits per heavy atom. The number of para-hydroxylation sites is 4. The molecule has 20 heteroatoms. The normalized spacial score (nSPS) is 12.3. The van der Waals surface area contributed by atoms with E-state index in [4.69, 9.17) is 18.9 Å². The second-order valence-corrected chi connectivity index (χ2v) is 18.7. The molecule has 0 aliphatic carbocycles. The number of carbonyl (C=O) groups is 2. The molecule has 2 unspecified atom stereocenters. The van der Waals surface area contributed by atoms with E-state index in [9.17, 15) is 46.7 Å². The number of nitrogens with one attached hydrogen (secondary N) is 2. The third-order valence-corrected chi connectivity index (χ3v) is 13.0. The number of unbranched alkanes of at least 4 members (excludes halogenated alkanes) is 10. The lowest BCUT2D eigenvalue weighted by atomic mass is 10.1.